The molecule has 9 heteroatoms. The van der Waals surface area contributed by atoms with Crippen LogP contribution in [0.25, 0.3) is 0 Å². The summed E-state index contributed by atoms with van der Waals surface area (Å²) in [4.78, 5) is 35.2. The van der Waals surface area contributed by atoms with Gasteiger partial charge in [-0.3, -0.25) is 14.6 Å². The number of imide groups is 1. The van der Waals surface area contributed by atoms with Gasteiger partial charge < -0.3 is 9.47 Å². The summed E-state index contributed by atoms with van der Waals surface area (Å²) >= 11 is 0. The van der Waals surface area contributed by atoms with E-state index in [1.807, 2.05) is 27.7 Å². The largest absolute Gasteiger partial charge is 0.497 e. The number of rotatable bonds is 5. The van der Waals surface area contributed by atoms with Crippen molar-refractivity contribution in [2.75, 3.05) is 45.8 Å². The number of hydrogen-bond acceptors (Lipinski definition) is 6. The summed E-state index contributed by atoms with van der Waals surface area (Å²) in [7, 11) is 4.85. The predicted molar refractivity (Wildman–Crippen MR) is 108 cm³/mol. The molecule has 152 valence electrons. The maximum atomic E-state index is 13.1. The van der Waals surface area contributed by atoms with E-state index < -0.39 is 6.04 Å². The minimum absolute atomic E-state index is 0.199. The average molecular weight is 398 g/mol. The topological polar surface area (TPSA) is 77.7 Å². The molecule has 0 aromatic heterocycles. The molecule has 0 bridgehead atoms. The molecule has 0 N–H and O–H groups in total. The number of fused-ring (bicyclic) bond motifs is 2. The van der Waals surface area contributed by atoms with Gasteiger partial charge in [0.1, 0.15) is 18.0 Å². The number of nitrogens with zero attached hydrogens (tertiary/aromatic N) is 5. The number of carbonyl (C=O) groups is 2. The number of guanidine groups is 1. The van der Waals surface area contributed by atoms with E-state index in [9.17, 15) is 9.59 Å². The number of benzene rings is 1. The standard InChI is InChI=1S/C20H24N5O4/c1-12(2)11-25-18(26)16-17(22(3)20(25)27)21-19-23(8-9-24(16)19)14-7-6-13(28-4)10-15(14)29-5/h6-7,10,16H,1,8-9,11H2,2-5H3/q+1. The fraction of sp³-hybridized carbons (Fsp3) is 0.400. The minimum atomic E-state index is -0.610. The van der Waals surface area contributed by atoms with Crippen molar-refractivity contribution in [1.29, 1.82) is 0 Å². The first kappa shape index (κ1) is 19.0. The maximum absolute atomic E-state index is 13.1. The Labute approximate surface area is 169 Å². The van der Waals surface area contributed by atoms with Gasteiger partial charge in [0.25, 0.3) is 5.91 Å². The molecule has 0 radical (unpaired) electrons. The smallest absolute Gasteiger partial charge is 0.397 e. The molecule has 4 rings (SSSR count). The molecule has 1 fully saturated rings. The molecule has 3 amide bonds. The van der Waals surface area contributed by atoms with Crippen LogP contribution in [0.15, 0.2) is 35.3 Å². The third-order valence-corrected chi connectivity index (χ3v) is 5.30. The fourth-order valence-electron chi connectivity index (χ4n) is 3.91. The lowest BCUT2D eigenvalue weighted by Crippen LogP contribution is -2.62. The summed E-state index contributed by atoms with van der Waals surface area (Å²) in [5.41, 5.74) is 1.57. The van der Waals surface area contributed by atoms with Gasteiger partial charge in [-0.2, -0.15) is 0 Å². The highest BCUT2D eigenvalue weighted by Gasteiger charge is 2.55. The van der Waals surface area contributed by atoms with Gasteiger partial charge in [0, 0.05) is 13.1 Å². The quantitative estimate of drug-likeness (QED) is 0.549. The Hall–Kier alpha value is -3.36. The van der Waals surface area contributed by atoms with E-state index in [0.29, 0.717) is 36.4 Å². The number of ether oxygens (including phenoxy) is 2. The zero-order valence-corrected chi connectivity index (χ0v) is 17.0. The molecular weight excluding hydrogens is 374 g/mol. The number of methoxy groups -OCH3 is 2. The third kappa shape index (κ3) is 2.84. The Morgan fingerprint density at radius 2 is 2.07 bits per heavy atom. The van der Waals surface area contributed by atoms with Crippen molar-refractivity contribution in [2.45, 2.75) is 13.0 Å². The molecule has 3 aliphatic rings. The lowest BCUT2D eigenvalue weighted by atomic mass is 10.1. The van der Waals surface area contributed by atoms with Crippen molar-refractivity contribution in [2.24, 2.45) is 4.99 Å². The van der Waals surface area contributed by atoms with Gasteiger partial charge in [-0.25, -0.2) is 14.3 Å². The van der Waals surface area contributed by atoms with Gasteiger partial charge >= 0.3 is 12.0 Å². The van der Waals surface area contributed by atoms with Gasteiger partial charge in [0.2, 0.25) is 11.9 Å². The molecule has 1 saturated heterocycles. The van der Waals surface area contributed by atoms with Gasteiger partial charge in [-0.05, 0) is 19.1 Å². The molecule has 29 heavy (non-hydrogen) atoms. The molecular formula is C20H24N5O4+. The Morgan fingerprint density at radius 3 is 2.72 bits per heavy atom. The zero-order chi connectivity index (χ0) is 20.9. The minimum Gasteiger partial charge on any atom is -0.497 e. The summed E-state index contributed by atoms with van der Waals surface area (Å²) in [6, 6.07) is 4.57. The number of amidine groups is 1. The van der Waals surface area contributed by atoms with Crippen molar-refractivity contribution in [3.8, 4) is 11.5 Å². The Kier molecular flexibility index (Phi) is 4.52. The van der Waals surface area contributed by atoms with E-state index in [-0.39, 0.29) is 18.5 Å². The first-order chi connectivity index (χ1) is 13.9. The molecule has 1 unspecified atom stereocenters. The van der Waals surface area contributed by atoms with Gasteiger partial charge in [0.15, 0.2) is 5.75 Å². The number of urea groups is 1. The number of likely N-dealkylation sites (N-methyl/N-ethyl adjacent to an activating group) is 1. The predicted octanol–water partition coefficient (Wildman–Crippen LogP) is 1.14. The first-order valence-corrected chi connectivity index (χ1v) is 9.32. The van der Waals surface area contributed by atoms with Crippen LogP contribution in [0.1, 0.15) is 6.92 Å². The lowest BCUT2D eigenvalue weighted by molar-refractivity contribution is -0.525. The summed E-state index contributed by atoms with van der Waals surface area (Å²) < 4.78 is 12.8. The van der Waals surface area contributed by atoms with Crippen LogP contribution in [-0.4, -0.2) is 85.1 Å². The number of amides is 3. The second kappa shape index (κ2) is 6.91. The molecule has 1 atom stereocenters. The SMILES string of the molecule is C=C(C)CN1C(=O)C2C(=NC3=[N+]2CCN3c2ccc(OC)cc2OC)N(C)C1=O. The molecule has 1 aromatic carbocycles. The highest BCUT2D eigenvalue weighted by molar-refractivity contribution is 6.24. The highest BCUT2D eigenvalue weighted by Crippen LogP contribution is 2.35. The molecule has 0 aliphatic carbocycles. The monoisotopic (exact) mass is 398 g/mol. The molecule has 3 heterocycles. The average Bonchev–Trinajstić information content (AvgIpc) is 3.28. The van der Waals surface area contributed by atoms with E-state index in [2.05, 4.69) is 11.6 Å². The summed E-state index contributed by atoms with van der Waals surface area (Å²) in [5.74, 6) is 2.15. The normalized spacial score (nSPS) is 20.8. The van der Waals surface area contributed by atoms with E-state index in [0.717, 1.165) is 11.3 Å². The maximum Gasteiger partial charge on any atom is 0.397 e. The number of aliphatic imine (C=N–C) groups is 1. The van der Waals surface area contributed by atoms with Crippen LogP contribution in [-0.2, 0) is 4.79 Å². The van der Waals surface area contributed by atoms with Gasteiger partial charge in [0.05, 0.1) is 27.3 Å². The third-order valence-electron chi connectivity index (χ3n) is 5.30. The van der Waals surface area contributed by atoms with Crippen LogP contribution in [0.4, 0.5) is 10.5 Å². The Bertz CT molecular complexity index is 983. The molecule has 0 saturated carbocycles. The van der Waals surface area contributed by atoms with Crippen molar-refractivity contribution in [3.05, 3.63) is 30.4 Å². The second-order valence-electron chi connectivity index (χ2n) is 7.28. The summed E-state index contributed by atoms with van der Waals surface area (Å²) in [6.45, 7) is 7.09. The highest BCUT2D eigenvalue weighted by atomic mass is 16.5. The van der Waals surface area contributed by atoms with Crippen LogP contribution in [0.2, 0.25) is 0 Å². The van der Waals surface area contributed by atoms with E-state index in [4.69, 9.17) is 9.47 Å². The van der Waals surface area contributed by atoms with Crippen LogP contribution in [0.5, 0.6) is 11.5 Å². The first-order valence-electron chi connectivity index (χ1n) is 9.32. The van der Waals surface area contributed by atoms with E-state index >= 15 is 0 Å². The zero-order valence-electron chi connectivity index (χ0n) is 17.0. The van der Waals surface area contributed by atoms with Crippen LogP contribution in [0, 0.1) is 0 Å². The van der Waals surface area contributed by atoms with Crippen molar-refractivity contribution < 1.29 is 23.6 Å². The van der Waals surface area contributed by atoms with Crippen molar-refractivity contribution in [3.63, 3.8) is 0 Å². The van der Waals surface area contributed by atoms with E-state index in [1.165, 1.54) is 9.80 Å². The summed E-state index contributed by atoms with van der Waals surface area (Å²) in [5, 5.41) is 0. The molecule has 9 nitrogen and oxygen atoms in total. The Morgan fingerprint density at radius 1 is 1.31 bits per heavy atom. The van der Waals surface area contributed by atoms with Crippen molar-refractivity contribution >= 4 is 29.4 Å². The van der Waals surface area contributed by atoms with Crippen LogP contribution >= 0.6 is 0 Å². The van der Waals surface area contributed by atoms with E-state index in [1.54, 1.807) is 28.2 Å². The summed E-state index contributed by atoms with van der Waals surface area (Å²) in [6.07, 6.45) is 0. The number of hydrogen-bond donors (Lipinski definition) is 0. The van der Waals surface area contributed by atoms with Crippen LogP contribution in [0.3, 0.4) is 0 Å². The molecule has 1 aromatic rings. The number of carbonyl (C=O) groups excluding carboxylic acids is 2. The van der Waals surface area contributed by atoms with Gasteiger partial charge in [-0.15, -0.1) is 0 Å². The molecule has 3 aliphatic heterocycles. The molecule has 0 spiro atoms. The Balaban J connectivity index is 1.73. The van der Waals surface area contributed by atoms with Crippen molar-refractivity contribution in [1.82, 2.24) is 9.80 Å². The second-order valence-corrected chi connectivity index (χ2v) is 7.28. The fourth-order valence-corrected chi connectivity index (χ4v) is 3.91. The van der Waals surface area contributed by atoms with Crippen LogP contribution < -0.4 is 14.4 Å². The van der Waals surface area contributed by atoms with Gasteiger partial charge in [-0.1, -0.05) is 17.1 Å². The number of anilines is 1. The lowest BCUT2D eigenvalue weighted by Gasteiger charge is -2.34.